The van der Waals surface area contributed by atoms with Gasteiger partial charge in [0, 0.05) is 37.8 Å². The molecule has 0 aliphatic heterocycles. The van der Waals surface area contributed by atoms with Crippen LogP contribution in [0.25, 0.3) is 0 Å². The van der Waals surface area contributed by atoms with Gasteiger partial charge in [-0.1, -0.05) is 0 Å². The first kappa shape index (κ1) is 13.9. The van der Waals surface area contributed by atoms with E-state index < -0.39 is 0 Å². The third-order valence-corrected chi connectivity index (χ3v) is 2.23. The first-order valence-electron chi connectivity index (χ1n) is 6.13. The SMILES string of the molecule is CCOCCCOc1ccc(CC(C)N)nc1. The molecule has 0 saturated carbocycles. The van der Waals surface area contributed by atoms with E-state index in [0.717, 1.165) is 37.5 Å². The second-order valence-corrected chi connectivity index (χ2v) is 4.07. The quantitative estimate of drug-likeness (QED) is 0.701. The lowest BCUT2D eigenvalue weighted by atomic mass is 10.2. The van der Waals surface area contributed by atoms with Gasteiger partial charge in [-0.3, -0.25) is 4.98 Å². The number of rotatable bonds is 8. The number of pyridine rings is 1. The summed E-state index contributed by atoms with van der Waals surface area (Å²) in [5.41, 5.74) is 6.71. The van der Waals surface area contributed by atoms with Crippen LogP contribution in [0.2, 0.25) is 0 Å². The summed E-state index contributed by atoms with van der Waals surface area (Å²) in [4.78, 5) is 4.30. The molecule has 0 bridgehead atoms. The average Bonchev–Trinajstić information content (AvgIpc) is 2.30. The van der Waals surface area contributed by atoms with Crippen LogP contribution < -0.4 is 10.5 Å². The van der Waals surface area contributed by atoms with Gasteiger partial charge in [-0.15, -0.1) is 0 Å². The number of nitrogens with zero attached hydrogens (tertiary/aromatic N) is 1. The Morgan fingerprint density at radius 2 is 2.18 bits per heavy atom. The van der Waals surface area contributed by atoms with Crippen LogP contribution in [0.4, 0.5) is 0 Å². The monoisotopic (exact) mass is 238 g/mol. The van der Waals surface area contributed by atoms with Crippen LogP contribution in [-0.2, 0) is 11.2 Å². The first-order chi connectivity index (χ1) is 8.22. The van der Waals surface area contributed by atoms with Crippen LogP contribution >= 0.6 is 0 Å². The average molecular weight is 238 g/mol. The molecule has 0 aliphatic rings. The molecule has 1 heterocycles. The van der Waals surface area contributed by atoms with Gasteiger partial charge in [0.25, 0.3) is 0 Å². The van der Waals surface area contributed by atoms with Crippen molar-refractivity contribution in [1.29, 1.82) is 0 Å². The topological polar surface area (TPSA) is 57.4 Å². The van der Waals surface area contributed by atoms with Crippen molar-refractivity contribution in [1.82, 2.24) is 4.98 Å². The van der Waals surface area contributed by atoms with Crippen molar-refractivity contribution in [3.05, 3.63) is 24.0 Å². The predicted molar refractivity (Wildman–Crippen MR) is 68.2 cm³/mol. The minimum atomic E-state index is 0.139. The van der Waals surface area contributed by atoms with Crippen molar-refractivity contribution in [2.75, 3.05) is 19.8 Å². The molecule has 0 aromatic carbocycles. The molecular formula is C13H22N2O2. The van der Waals surface area contributed by atoms with E-state index in [4.69, 9.17) is 15.2 Å². The Balaban J connectivity index is 2.25. The third kappa shape index (κ3) is 6.24. The van der Waals surface area contributed by atoms with Gasteiger partial charge in [0.05, 0.1) is 12.8 Å². The number of nitrogens with two attached hydrogens (primary N) is 1. The van der Waals surface area contributed by atoms with E-state index in [1.54, 1.807) is 6.20 Å². The van der Waals surface area contributed by atoms with Crippen molar-refractivity contribution in [2.24, 2.45) is 5.73 Å². The van der Waals surface area contributed by atoms with Gasteiger partial charge in [-0.2, -0.15) is 0 Å². The molecule has 0 fully saturated rings. The summed E-state index contributed by atoms with van der Waals surface area (Å²) in [6, 6.07) is 4.03. The largest absolute Gasteiger partial charge is 0.492 e. The standard InChI is InChI=1S/C13H22N2O2/c1-3-16-7-4-8-17-13-6-5-12(15-10-13)9-11(2)14/h5-6,10-11H,3-4,7-9,14H2,1-2H3. The zero-order chi connectivity index (χ0) is 12.5. The highest BCUT2D eigenvalue weighted by Gasteiger charge is 2.00. The van der Waals surface area contributed by atoms with Gasteiger partial charge in [0.2, 0.25) is 0 Å². The van der Waals surface area contributed by atoms with Crippen molar-refractivity contribution in [3.63, 3.8) is 0 Å². The summed E-state index contributed by atoms with van der Waals surface area (Å²) in [6.07, 6.45) is 3.44. The first-order valence-corrected chi connectivity index (χ1v) is 6.13. The number of ether oxygens (including phenoxy) is 2. The molecule has 17 heavy (non-hydrogen) atoms. The normalized spacial score (nSPS) is 12.4. The van der Waals surface area contributed by atoms with Gasteiger partial charge < -0.3 is 15.2 Å². The van der Waals surface area contributed by atoms with E-state index in [0.29, 0.717) is 6.61 Å². The molecule has 0 amide bonds. The van der Waals surface area contributed by atoms with Gasteiger partial charge in [-0.05, 0) is 26.0 Å². The Bertz CT molecular complexity index is 299. The lowest BCUT2D eigenvalue weighted by Gasteiger charge is -2.07. The fourth-order valence-electron chi connectivity index (χ4n) is 1.44. The molecule has 1 aromatic heterocycles. The van der Waals surface area contributed by atoms with Crippen molar-refractivity contribution < 1.29 is 9.47 Å². The Kier molecular flexibility index (Phi) is 6.58. The number of hydrogen-bond acceptors (Lipinski definition) is 4. The van der Waals surface area contributed by atoms with E-state index in [9.17, 15) is 0 Å². The summed E-state index contributed by atoms with van der Waals surface area (Å²) < 4.78 is 10.8. The maximum atomic E-state index is 5.70. The van der Waals surface area contributed by atoms with Crippen LogP contribution in [0.5, 0.6) is 5.75 Å². The maximum absolute atomic E-state index is 5.70. The molecule has 2 N–H and O–H groups in total. The van der Waals surface area contributed by atoms with E-state index in [-0.39, 0.29) is 6.04 Å². The molecule has 1 rings (SSSR count). The fourth-order valence-corrected chi connectivity index (χ4v) is 1.44. The predicted octanol–water partition coefficient (Wildman–Crippen LogP) is 1.78. The summed E-state index contributed by atoms with van der Waals surface area (Å²) in [5, 5.41) is 0. The highest BCUT2D eigenvalue weighted by molar-refractivity contribution is 5.20. The highest BCUT2D eigenvalue weighted by Crippen LogP contribution is 2.10. The fraction of sp³-hybridized carbons (Fsp3) is 0.615. The second kappa shape index (κ2) is 8.03. The molecular weight excluding hydrogens is 216 g/mol. The Morgan fingerprint density at radius 1 is 1.35 bits per heavy atom. The summed E-state index contributed by atoms with van der Waals surface area (Å²) >= 11 is 0. The van der Waals surface area contributed by atoms with Crippen molar-refractivity contribution >= 4 is 0 Å². The lowest BCUT2D eigenvalue weighted by Crippen LogP contribution is -2.18. The smallest absolute Gasteiger partial charge is 0.137 e. The van der Waals surface area contributed by atoms with Crippen LogP contribution in [0.15, 0.2) is 18.3 Å². The minimum Gasteiger partial charge on any atom is -0.492 e. The van der Waals surface area contributed by atoms with Crippen LogP contribution in [0.3, 0.4) is 0 Å². The van der Waals surface area contributed by atoms with Gasteiger partial charge in [0.15, 0.2) is 0 Å². The van der Waals surface area contributed by atoms with Crippen LogP contribution in [0.1, 0.15) is 26.0 Å². The minimum absolute atomic E-state index is 0.139. The molecule has 0 radical (unpaired) electrons. The van der Waals surface area contributed by atoms with Gasteiger partial charge >= 0.3 is 0 Å². The molecule has 1 atom stereocenters. The van der Waals surface area contributed by atoms with E-state index in [1.807, 2.05) is 26.0 Å². The van der Waals surface area contributed by atoms with E-state index >= 15 is 0 Å². The van der Waals surface area contributed by atoms with E-state index in [1.165, 1.54) is 0 Å². The zero-order valence-electron chi connectivity index (χ0n) is 10.7. The molecule has 0 saturated heterocycles. The highest BCUT2D eigenvalue weighted by atomic mass is 16.5. The van der Waals surface area contributed by atoms with Crippen molar-refractivity contribution in [3.8, 4) is 5.75 Å². The Labute approximate surface area is 103 Å². The number of hydrogen-bond donors (Lipinski definition) is 1. The number of aromatic nitrogens is 1. The van der Waals surface area contributed by atoms with Gasteiger partial charge in [0.1, 0.15) is 5.75 Å². The summed E-state index contributed by atoms with van der Waals surface area (Å²) in [7, 11) is 0. The molecule has 0 aliphatic carbocycles. The molecule has 1 aromatic rings. The van der Waals surface area contributed by atoms with Gasteiger partial charge in [-0.25, -0.2) is 0 Å². The molecule has 96 valence electrons. The third-order valence-electron chi connectivity index (χ3n) is 2.23. The Morgan fingerprint density at radius 3 is 2.76 bits per heavy atom. The lowest BCUT2D eigenvalue weighted by molar-refractivity contribution is 0.131. The van der Waals surface area contributed by atoms with Crippen LogP contribution in [-0.4, -0.2) is 30.8 Å². The second-order valence-electron chi connectivity index (χ2n) is 4.07. The Hall–Kier alpha value is -1.13. The molecule has 0 spiro atoms. The summed E-state index contributed by atoms with van der Waals surface area (Å²) in [6.45, 7) is 6.12. The zero-order valence-corrected chi connectivity index (χ0v) is 10.7. The molecule has 1 unspecified atom stereocenters. The molecule has 4 heteroatoms. The van der Waals surface area contributed by atoms with Crippen LogP contribution in [0, 0.1) is 0 Å². The molecule has 4 nitrogen and oxygen atoms in total. The maximum Gasteiger partial charge on any atom is 0.137 e. The van der Waals surface area contributed by atoms with Crippen molar-refractivity contribution in [2.45, 2.75) is 32.7 Å². The summed E-state index contributed by atoms with van der Waals surface area (Å²) in [5.74, 6) is 0.801. The van der Waals surface area contributed by atoms with E-state index in [2.05, 4.69) is 4.98 Å².